The molecule has 0 bridgehead atoms. The Balaban J connectivity index is 0.00000156. The number of halogens is 3. The quantitative estimate of drug-likeness (QED) is 0.800. The molecule has 1 aliphatic heterocycles. The molecule has 1 aliphatic rings. The standard InChI is InChI=1S/C16H19FN4OS.2ClH/c17-12-1-3-13(4-2-12)21-6-5-11(9-21)8-19-16(22)14-10-23-15(7-18)20-14;;/h1-4,10-11H,5-9,18H2,(H,19,22);2*1H. The molecule has 3 rings (SSSR count). The number of carbonyl (C=O) groups is 1. The summed E-state index contributed by atoms with van der Waals surface area (Å²) in [4.78, 5) is 18.5. The Morgan fingerprint density at radius 3 is 2.72 bits per heavy atom. The van der Waals surface area contributed by atoms with E-state index in [-0.39, 0.29) is 36.5 Å². The van der Waals surface area contributed by atoms with E-state index in [2.05, 4.69) is 15.2 Å². The van der Waals surface area contributed by atoms with Crippen molar-refractivity contribution in [1.29, 1.82) is 0 Å². The van der Waals surface area contributed by atoms with Crippen LogP contribution in [0.15, 0.2) is 29.6 Å². The van der Waals surface area contributed by atoms with Crippen molar-refractivity contribution in [2.24, 2.45) is 11.7 Å². The fourth-order valence-corrected chi connectivity index (χ4v) is 3.38. The summed E-state index contributed by atoms with van der Waals surface area (Å²) in [5, 5.41) is 5.43. The lowest BCUT2D eigenvalue weighted by molar-refractivity contribution is 0.0944. The summed E-state index contributed by atoms with van der Waals surface area (Å²) in [5.41, 5.74) is 6.96. The van der Waals surface area contributed by atoms with Crippen LogP contribution in [0.2, 0.25) is 0 Å². The number of aromatic nitrogens is 1. The van der Waals surface area contributed by atoms with Gasteiger partial charge in [-0.3, -0.25) is 4.79 Å². The summed E-state index contributed by atoms with van der Waals surface area (Å²) >= 11 is 1.40. The van der Waals surface area contributed by atoms with Gasteiger partial charge in [0.2, 0.25) is 0 Å². The molecule has 138 valence electrons. The maximum Gasteiger partial charge on any atom is 0.270 e. The number of hydrogen-bond donors (Lipinski definition) is 2. The normalized spacial score (nSPS) is 16.1. The Hall–Kier alpha value is -1.41. The molecule has 1 aromatic carbocycles. The van der Waals surface area contributed by atoms with Gasteiger partial charge in [-0.25, -0.2) is 9.37 Å². The first-order valence-electron chi connectivity index (χ1n) is 7.59. The van der Waals surface area contributed by atoms with Gasteiger partial charge in [-0.15, -0.1) is 36.2 Å². The first-order chi connectivity index (χ1) is 11.2. The summed E-state index contributed by atoms with van der Waals surface area (Å²) < 4.78 is 13.0. The van der Waals surface area contributed by atoms with E-state index in [0.29, 0.717) is 24.7 Å². The van der Waals surface area contributed by atoms with E-state index in [1.807, 2.05) is 0 Å². The molecular weight excluding hydrogens is 386 g/mol. The van der Waals surface area contributed by atoms with Gasteiger partial charge in [-0.1, -0.05) is 0 Å². The van der Waals surface area contributed by atoms with E-state index in [4.69, 9.17) is 5.73 Å². The van der Waals surface area contributed by atoms with Crippen molar-refractivity contribution in [3.05, 3.63) is 46.2 Å². The number of anilines is 1. The van der Waals surface area contributed by atoms with Gasteiger partial charge in [0.15, 0.2) is 0 Å². The van der Waals surface area contributed by atoms with Crippen molar-refractivity contribution in [3.8, 4) is 0 Å². The first kappa shape index (κ1) is 21.6. The molecule has 0 aliphatic carbocycles. The number of carbonyl (C=O) groups excluding carboxylic acids is 1. The molecule has 1 fully saturated rings. The Labute approximate surface area is 162 Å². The fourth-order valence-electron chi connectivity index (χ4n) is 2.72. The van der Waals surface area contributed by atoms with Crippen LogP contribution in [0.5, 0.6) is 0 Å². The second kappa shape index (κ2) is 9.91. The van der Waals surface area contributed by atoms with E-state index >= 15 is 0 Å². The predicted molar refractivity (Wildman–Crippen MR) is 104 cm³/mol. The van der Waals surface area contributed by atoms with E-state index in [0.717, 1.165) is 30.2 Å². The number of thiazole rings is 1. The molecule has 0 saturated carbocycles. The van der Waals surface area contributed by atoms with Crippen molar-refractivity contribution >= 4 is 47.7 Å². The smallest absolute Gasteiger partial charge is 0.270 e. The summed E-state index contributed by atoms with van der Waals surface area (Å²) in [6.45, 7) is 2.75. The average Bonchev–Trinajstić information content (AvgIpc) is 3.22. The van der Waals surface area contributed by atoms with E-state index in [1.165, 1.54) is 23.5 Å². The molecule has 0 radical (unpaired) electrons. The van der Waals surface area contributed by atoms with E-state index < -0.39 is 0 Å². The summed E-state index contributed by atoms with van der Waals surface area (Å²) in [6.07, 6.45) is 1.00. The van der Waals surface area contributed by atoms with E-state index in [9.17, 15) is 9.18 Å². The highest BCUT2D eigenvalue weighted by Gasteiger charge is 2.23. The highest BCUT2D eigenvalue weighted by atomic mass is 35.5. The maximum absolute atomic E-state index is 13.0. The van der Waals surface area contributed by atoms with Crippen molar-refractivity contribution in [2.45, 2.75) is 13.0 Å². The van der Waals surface area contributed by atoms with Crippen molar-refractivity contribution in [3.63, 3.8) is 0 Å². The Morgan fingerprint density at radius 2 is 2.08 bits per heavy atom. The van der Waals surface area contributed by atoms with Crippen molar-refractivity contribution in [1.82, 2.24) is 10.3 Å². The van der Waals surface area contributed by atoms with Gasteiger partial charge >= 0.3 is 0 Å². The van der Waals surface area contributed by atoms with Crippen LogP contribution in [0.25, 0.3) is 0 Å². The molecule has 2 aromatic rings. The zero-order valence-electron chi connectivity index (χ0n) is 13.5. The lowest BCUT2D eigenvalue weighted by Gasteiger charge is -2.18. The lowest BCUT2D eigenvalue weighted by atomic mass is 10.1. The van der Waals surface area contributed by atoms with Crippen LogP contribution in [0.1, 0.15) is 21.9 Å². The zero-order chi connectivity index (χ0) is 16.2. The second-order valence-electron chi connectivity index (χ2n) is 5.62. The molecule has 25 heavy (non-hydrogen) atoms. The summed E-state index contributed by atoms with van der Waals surface area (Å²) in [7, 11) is 0. The number of nitrogens with one attached hydrogen (secondary N) is 1. The monoisotopic (exact) mass is 406 g/mol. The average molecular weight is 407 g/mol. The fraction of sp³-hybridized carbons (Fsp3) is 0.375. The molecule has 1 atom stereocenters. The number of amides is 1. The third kappa shape index (κ3) is 5.54. The predicted octanol–water partition coefficient (Wildman–Crippen LogP) is 2.84. The third-order valence-electron chi connectivity index (χ3n) is 3.99. The minimum Gasteiger partial charge on any atom is -0.371 e. The van der Waals surface area contributed by atoms with Gasteiger partial charge in [0.1, 0.15) is 16.5 Å². The van der Waals surface area contributed by atoms with Crippen molar-refractivity contribution in [2.75, 3.05) is 24.5 Å². The molecule has 3 N–H and O–H groups in total. The lowest BCUT2D eigenvalue weighted by Crippen LogP contribution is -2.31. The largest absolute Gasteiger partial charge is 0.371 e. The molecule has 9 heteroatoms. The zero-order valence-corrected chi connectivity index (χ0v) is 15.9. The van der Waals surface area contributed by atoms with Crippen LogP contribution in [0, 0.1) is 11.7 Å². The number of hydrogen-bond acceptors (Lipinski definition) is 5. The van der Waals surface area contributed by atoms with Gasteiger partial charge in [0.05, 0.1) is 0 Å². The minimum absolute atomic E-state index is 0. The molecule has 1 amide bonds. The van der Waals surface area contributed by atoms with Crippen LogP contribution in [0.4, 0.5) is 10.1 Å². The van der Waals surface area contributed by atoms with Crippen LogP contribution in [-0.2, 0) is 6.54 Å². The Kier molecular flexibility index (Phi) is 8.58. The van der Waals surface area contributed by atoms with Gasteiger partial charge in [0, 0.05) is 37.2 Å². The Morgan fingerprint density at radius 1 is 1.36 bits per heavy atom. The molecule has 5 nitrogen and oxygen atoms in total. The second-order valence-corrected chi connectivity index (χ2v) is 6.56. The number of nitrogens with two attached hydrogens (primary N) is 1. The van der Waals surface area contributed by atoms with Crippen LogP contribution < -0.4 is 16.0 Å². The summed E-state index contributed by atoms with van der Waals surface area (Å²) in [6, 6.07) is 6.53. The van der Waals surface area contributed by atoms with Gasteiger partial charge < -0.3 is 16.0 Å². The SMILES string of the molecule is Cl.Cl.NCc1nc(C(=O)NCC2CCN(c3ccc(F)cc3)C2)cs1. The van der Waals surface area contributed by atoms with E-state index in [1.54, 1.807) is 17.5 Å². The van der Waals surface area contributed by atoms with Crippen LogP contribution in [0.3, 0.4) is 0 Å². The number of benzene rings is 1. The number of rotatable bonds is 5. The van der Waals surface area contributed by atoms with Crippen LogP contribution >= 0.6 is 36.2 Å². The first-order valence-corrected chi connectivity index (χ1v) is 8.47. The topological polar surface area (TPSA) is 71.2 Å². The molecule has 1 aromatic heterocycles. The molecule has 1 unspecified atom stereocenters. The van der Waals surface area contributed by atoms with Crippen molar-refractivity contribution < 1.29 is 9.18 Å². The highest BCUT2D eigenvalue weighted by Crippen LogP contribution is 2.23. The minimum atomic E-state index is -0.225. The molecular formula is C16H21Cl2FN4OS. The third-order valence-corrected chi connectivity index (χ3v) is 4.86. The molecule has 0 spiro atoms. The molecule has 1 saturated heterocycles. The van der Waals surface area contributed by atoms with Gasteiger partial charge in [-0.05, 0) is 36.6 Å². The number of nitrogens with zero attached hydrogens (tertiary/aromatic N) is 2. The Bertz CT molecular complexity index is 683. The molecule has 2 heterocycles. The van der Waals surface area contributed by atoms with Gasteiger partial charge in [0.25, 0.3) is 5.91 Å². The highest BCUT2D eigenvalue weighted by molar-refractivity contribution is 7.09. The maximum atomic E-state index is 13.0. The summed E-state index contributed by atoms with van der Waals surface area (Å²) in [5.74, 6) is 0.00896. The van der Waals surface area contributed by atoms with Gasteiger partial charge in [-0.2, -0.15) is 0 Å². The van der Waals surface area contributed by atoms with Crippen LogP contribution in [-0.4, -0.2) is 30.5 Å².